The highest BCUT2D eigenvalue weighted by molar-refractivity contribution is 5.91. The molecule has 2 aromatic rings. The number of rotatable bonds is 3. The van der Waals surface area contributed by atoms with Crippen LogP contribution in [0.15, 0.2) is 42.5 Å². The van der Waals surface area contributed by atoms with E-state index in [1.807, 2.05) is 24.3 Å². The van der Waals surface area contributed by atoms with Gasteiger partial charge in [0, 0.05) is 18.8 Å². The third-order valence-electron chi connectivity index (χ3n) is 4.18. The number of carboxylic acid groups (broad SMARTS) is 1. The first-order chi connectivity index (χ1) is 10.7. The van der Waals surface area contributed by atoms with Gasteiger partial charge in [0.05, 0.1) is 7.11 Å². The van der Waals surface area contributed by atoms with Crippen molar-refractivity contribution < 1.29 is 14.6 Å². The Balaban J connectivity index is 1.89. The number of aromatic carboxylic acids is 1. The number of para-hydroxylation sites is 1. The van der Waals surface area contributed by atoms with Crippen LogP contribution in [0.4, 0.5) is 5.69 Å². The maximum atomic E-state index is 11.3. The van der Waals surface area contributed by atoms with Crippen LogP contribution in [-0.4, -0.2) is 31.3 Å². The largest absolute Gasteiger partial charge is 0.496 e. The van der Waals surface area contributed by atoms with E-state index in [0.29, 0.717) is 5.75 Å². The minimum atomic E-state index is -0.941. The van der Waals surface area contributed by atoms with Gasteiger partial charge in [-0.25, -0.2) is 4.79 Å². The lowest BCUT2D eigenvalue weighted by Gasteiger charge is -2.22. The molecule has 0 saturated heterocycles. The van der Waals surface area contributed by atoms with E-state index in [-0.39, 0.29) is 5.56 Å². The standard InChI is InChI=1S/C18H19NO3/c1-22-17-12-14-8-10-19(15-5-3-2-4-6-15)9-7-13(14)11-16(17)18(20)21/h2-6,11-12H,7-10H2,1H3,(H,20,21). The number of methoxy groups -OCH3 is 1. The monoisotopic (exact) mass is 297 g/mol. The van der Waals surface area contributed by atoms with Crippen molar-refractivity contribution in [1.82, 2.24) is 0 Å². The molecule has 1 N–H and O–H groups in total. The summed E-state index contributed by atoms with van der Waals surface area (Å²) in [5.74, 6) is -0.497. The first kappa shape index (κ1) is 14.4. The average Bonchev–Trinajstić information content (AvgIpc) is 2.76. The second kappa shape index (κ2) is 6.10. The maximum Gasteiger partial charge on any atom is 0.339 e. The van der Waals surface area contributed by atoms with E-state index in [0.717, 1.165) is 31.5 Å². The van der Waals surface area contributed by atoms with Gasteiger partial charge in [-0.3, -0.25) is 0 Å². The summed E-state index contributed by atoms with van der Waals surface area (Å²) in [6.07, 6.45) is 1.73. The van der Waals surface area contributed by atoms with Gasteiger partial charge in [0.25, 0.3) is 0 Å². The summed E-state index contributed by atoms with van der Waals surface area (Å²) in [4.78, 5) is 13.7. The van der Waals surface area contributed by atoms with Crippen molar-refractivity contribution in [1.29, 1.82) is 0 Å². The zero-order valence-corrected chi connectivity index (χ0v) is 12.6. The minimum Gasteiger partial charge on any atom is -0.496 e. The number of anilines is 1. The molecular formula is C18H19NO3. The number of fused-ring (bicyclic) bond motifs is 1. The fraction of sp³-hybridized carbons (Fsp3) is 0.278. The molecular weight excluding hydrogens is 278 g/mol. The second-order valence-electron chi connectivity index (χ2n) is 5.45. The molecule has 0 fully saturated rings. The number of benzene rings is 2. The number of hydrogen-bond acceptors (Lipinski definition) is 3. The van der Waals surface area contributed by atoms with Crippen LogP contribution in [0.25, 0.3) is 0 Å². The molecule has 0 spiro atoms. The summed E-state index contributed by atoms with van der Waals surface area (Å²) in [5, 5.41) is 9.31. The van der Waals surface area contributed by atoms with E-state index in [2.05, 4.69) is 17.0 Å². The number of carboxylic acids is 1. The number of carbonyl (C=O) groups is 1. The summed E-state index contributed by atoms with van der Waals surface area (Å²) >= 11 is 0. The molecule has 0 radical (unpaired) electrons. The van der Waals surface area contributed by atoms with Crippen molar-refractivity contribution in [2.75, 3.05) is 25.1 Å². The summed E-state index contributed by atoms with van der Waals surface area (Å²) < 4.78 is 5.23. The normalized spacial score (nSPS) is 14.1. The van der Waals surface area contributed by atoms with E-state index in [4.69, 9.17) is 4.74 Å². The summed E-state index contributed by atoms with van der Waals surface area (Å²) in [6, 6.07) is 14.0. The molecule has 4 nitrogen and oxygen atoms in total. The molecule has 0 saturated carbocycles. The Hall–Kier alpha value is -2.49. The summed E-state index contributed by atoms with van der Waals surface area (Å²) in [7, 11) is 1.52. The smallest absolute Gasteiger partial charge is 0.339 e. The zero-order chi connectivity index (χ0) is 15.5. The molecule has 1 aliphatic heterocycles. The van der Waals surface area contributed by atoms with Gasteiger partial charge in [-0.15, -0.1) is 0 Å². The number of ether oxygens (including phenoxy) is 1. The quantitative estimate of drug-likeness (QED) is 0.946. The van der Waals surface area contributed by atoms with Gasteiger partial charge in [-0.1, -0.05) is 18.2 Å². The highest BCUT2D eigenvalue weighted by Gasteiger charge is 2.19. The Morgan fingerprint density at radius 1 is 1.09 bits per heavy atom. The second-order valence-corrected chi connectivity index (χ2v) is 5.45. The molecule has 4 heteroatoms. The molecule has 22 heavy (non-hydrogen) atoms. The number of hydrogen-bond donors (Lipinski definition) is 1. The van der Waals surface area contributed by atoms with E-state index in [1.54, 1.807) is 6.07 Å². The minimum absolute atomic E-state index is 0.245. The molecule has 1 aliphatic rings. The molecule has 0 amide bonds. The van der Waals surface area contributed by atoms with E-state index in [9.17, 15) is 9.90 Å². The van der Waals surface area contributed by atoms with Gasteiger partial charge in [0.15, 0.2) is 0 Å². The molecule has 2 aromatic carbocycles. The van der Waals surface area contributed by atoms with Crippen LogP contribution < -0.4 is 9.64 Å². The van der Waals surface area contributed by atoms with E-state index < -0.39 is 5.97 Å². The Kier molecular flexibility index (Phi) is 4.00. The summed E-state index contributed by atoms with van der Waals surface area (Å²) in [5.41, 5.74) is 3.74. The van der Waals surface area contributed by atoms with Gasteiger partial charge in [0.2, 0.25) is 0 Å². The van der Waals surface area contributed by atoms with Gasteiger partial charge in [0.1, 0.15) is 11.3 Å². The molecule has 0 atom stereocenters. The fourth-order valence-corrected chi connectivity index (χ4v) is 2.99. The Morgan fingerprint density at radius 3 is 2.32 bits per heavy atom. The van der Waals surface area contributed by atoms with Gasteiger partial charge in [-0.05, 0) is 48.2 Å². The lowest BCUT2D eigenvalue weighted by atomic mass is 9.99. The predicted molar refractivity (Wildman–Crippen MR) is 86.0 cm³/mol. The van der Waals surface area contributed by atoms with E-state index >= 15 is 0 Å². The lowest BCUT2D eigenvalue weighted by Crippen LogP contribution is -2.25. The third kappa shape index (κ3) is 2.77. The van der Waals surface area contributed by atoms with Gasteiger partial charge < -0.3 is 14.7 Å². The predicted octanol–water partition coefficient (Wildman–Crippen LogP) is 3.00. The topological polar surface area (TPSA) is 49.8 Å². The molecule has 0 bridgehead atoms. The van der Waals surface area contributed by atoms with Crippen LogP contribution in [-0.2, 0) is 12.8 Å². The molecule has 3 rings (SSSR count). The van der Waals surface area contributed by atoms with Crippen molar-refractivity contribution >= 4 is 11.7 Å². The molecule has 0 aliphatic carbocycles. The first-order valence-electron chi connectivity index (χ1n) is 7.42. The molecule has 1 heterocycles. The van der Waals surface area contributed by atoms with Crippen LogP contribution in [0.2, 0.25) is 0 Å². The van der Waals surface area contributed by atoms with Crippen molar-refractivity contribution in [3.8, 4) is 5.75 Å². The SMILES string of the molecule is COc1cc2c(cc1C(=O)O)CCN(c1ccccc1)CC2. The average molecular weight is 297 g/mol. The van der Waals surface area contributed by atoms with E-state index in [1.165, 1.54) is 18.4 Å². The highest BCUT2D eigenvalue weighted by Crippen LogP contribution is 2.28. The van der Waals surface area contributed by atoms with Crippen molar-refractivity contribution in [3.63, 3.8) is 0 Å². The van der Waals surface area contributed by atoms with Crippen LogP contribution in [0, 0.1) is 0 Å². The Bertz CT molecular complexity index is 682. The molecule has 114 valence electrons. The zero-order valence-electron chi connectivity index (χ0n) is 12.6. The summed E-state index contributed by atoms with van der Waals surface area (Å²) in [6.45, 7) is 1.81. The third-order valence-corrected chi connectivity index (χ3v) is 4.18. The van der Waals surface area contributed by atoms with Gasteiger partial charge >= 0.3 is 5.97 Å². The Morgan fingerprint density at radius 2 is 1.73 bits per heavy atom. The van der Waals surface area contributed by atoms with Crippen molar-refractivity contribution in [3.05, 3.63) is 59.2 Å². The van der Waals surface area contributed by atoms with Gasteiger partial charge in [-0.2, -0.15) is 0 Å². The van der Waals surface area contributed by atoms with Crippen molar-refractivity contribution in [2.24, 2.45) is 0 Å². The first-order valence-corrected chi connectivity index (χ1v) is 7.42. The van der Waals surface area contributed by atoms with Crippen LogP contribution in [0.1, 0.15) is 21.5 Å². The van der Waals surface area contributed by atoms with Crippen molar-refractivity contribution in [2.45, 2.75) is 12.8 Å². The van der Waals surface area contributed by atoms with Crippen LogP contribution >= 0.6 is 0 Å². The maximum absolute atomic E-state index is 11.3. The highest BCUT2D eigenvalue weighted by atomic mass is 16.5. The fourth-order valence-electron chi connectivity index (χ4n) is 2.99. The molecule has 0 aromatic heterocycles. The van der Waals surface area contributed by atoms with Crippen LogP contribution in [0.5, 0.6) is 5.75 Å². The van der Waals surface area contributed by atoms with Crippen LogP contribution in [0.3, 0.4) is 0 Å². The number of nitrogens with zero attached hydrogens (tertiary/aromatic N) is 1. The molecule has 0 unspecified atom stereocenters. The lowest BCUT2D eigenvalue weighted by molar-refractivity contribution is 0.0693. The Labute approximate surface area is 130 Å².